The molecule has 2 atom stereocenters. The summed E-state index contributed by atoms with van der Waals surface area (Å²) in [5, 5.41) is 3.31. The van der Waals surface area contributed by atoms with E-state index in [1.807, 2.05) is 19.2 Å². The Balaban J connectivity index is 1.93. The molecule has 2 nitrogen and oxygen atoms in total. The van der Waals surface area contributed by atoms with Crippen molar-refractivity contribution in [3.05, 3.63) is 34.1 Å². The van der Waals surface area contributed by atoms with Crippen LogP contribution >= 0.6 is 15.9 Å². The Kier molecular flexibility index (Phi) is 5.79. The van der Waals surface area contributed by atoms with Crippen LogP contribution in [0.3, 0.4) is 0 Å². The lowest BCUT2D eigenvalue weighted by Gasteiger charge is -2.25. The van der Waals surface area contributed by atoms with Crippen LogP contribution in [0.25, 0.3) is 0 Å². The van der Waals surface area contributed by atoms with E-state index >= 15 is 0 Å². The normalized spacial score (nSPS) is 21.3. The second-order valence-corrected chi connectivity index (χ2v) is 5.94. The molecule has 1 N–H and O–H groups in total. The van der Waals surface area contributed by atoms with Crippen LogP contribution in [0.4, 0.5) is 4.39 Å². The SMILES string of the molecule is CNC(CCC1CCCCO1)c1ccc(F)c(Br)c1. The van der Waals surface area contributed by atoms with Crippen LogP contribution in [0, 0.1) is 5.82 Å². The Morgan fingerprint density at radius 3 is 2.95 bits per heavy atom. The molecule has 1 heterocycles. The van der Waals surface area contributed by atoms with E-state index in [4.69, 9.17) is 4.74 Å². The molecule has 0 radical (unpaired) electrons. The zero-order valence-corrected chi connectivity index (χ0v) is 12.9. The summed E-state index contributed by atoms with van der Waals surface area (Å²) in [7, 11) is 1.95. The van der Waals surface area contributed by atoms with Crippen molar-refractivity contribution in [2.45, 2.75) is 44.2 Å². The van der Waals surface area contributed by atoms with Crippen molar-refractivity contribution < 1.29 is 9.13 Å². The maximum absolute atomic E-state index is 13.3. The summed E-state index contributed by atoms with van der Waals surface area (Å²) in [4.78, 5) is 0. The molecule has 4 heteroatoms. The van der Waals surface area contributed by atoms with Crippen LogP contribution < -0.4 is 5.32 Å². The molecule has 1 saturated heterocycles. The van der Waals surface area contributed by atoms with E-state index in [2.05, 4.69) is 21.2 Å². The zero-order valence-electron chi connectivity index (χ0n) is 11.3. The summed E-state index contributed by atoms with van der Waals surface area (Å²) >= 11 is 3.24. The molecule has 0 amide bonds. The minimum absolute atomic E-state index is 0.214. The van der Waals surface area contributed by atoms with Crippen molar-refractivity contribution >= 4 is 15.9 Å². The third kappa shape index (κ3) is 4.26. The standard InChI is InChI=1S/C15H21BrFNO/c1-18-15(8-6-12-4-2-3-9-19-12)11-5-7-14(17)13(16)10-11/h5,7,10,12,15,18H,2-4,6,8-9H2,1H3. The van der Waals surface area contributed by atoms with Crippen molar-refractivity contribution in [1.29, 1.82) is 0 Å². The Labute approximate surface area is 122 Å². The minimum atomic E-state index is -0.214. The molecule has 1 aromatic rings. The van der Waals surface area contributed by atoms with Crippen molar-refractivity contribution in [2.75, 3.05) is 13.7 Å². The highest BCUT2D eigenvalue weighted by molar-refractivity contribution is 9.10. The van der Waals surface area contributed by atoms with Crippen LogP contribution in [-0.2, 0) is 4.74 Å². The molecule has 2 unspecified atom stereocenters. The van der Waals surface area contributed by atoms with Gasteiger partial charge < -0.3 is 10.1 Å². The predicted octanol–water partition coefficient (Wildman–Crippen LogP) is 4.20. The monoisotopic (exact) mass is 329 g/mol. The van der Waals surface area contributed by atoms with Crippen molar-refractivity contribution in [1.82, 2.24) is 5.32 Å². The highest BCUT2D eigenvalue weighted by Gasteiger charge is 2.17. The molecule has 0 spiro atoms. The van der Waals surface area contributed by atoms with Crippen LogP contribution in [-0.4, -0.2) is 19.8 Å². The minimum Gasteiger partial charge on any atom is -0.378 e. The average Bonchev–Trinajstić information content (AvgIpc) is 2.44. The first-order valence-corrected chi connectivity index (χ1v) is 7.74. The fourth-order valence-corrected chi connectivity index (χ4v) is 2.99. The second-order valence-electron chi connectivity index (χ2n) is 5.08. The van der Waals surface area contributed by atoms with Gasteiger partial charge in [0.1, 0.15) is 5.82 Å². The van der Waals surface area contributed by atoms with E-state index in [9.17, 15) is 4.39 Å². The molecule has 1 aromatic carbocycles. The molecule has 2 rings (SSSR count). The molecule has 0 aromatic heterocycles. The summed E-state index contributed by atoms with van der Waals surface area (Å²) in [5.41, 5.74) is 1.12. The maximum Gasteiger partial charge on any atom is 0.137 e. The van der Waals surface area contributed by atoms with Crippen LogP contribution in [0.2, 0.25) is 0 Å². The molecule has 0 saturated carbocycles. The summed E-state index contributed by atoms with van der Waals surface area (Å²) < 4.78 is 19.5. The van der Waals surface area contributed by atoms with Gasteiger partial charge in [-0.25, -0.2) is 4.39 Å². The first kappa shape index (κ1) is 14.9. The summed E-state index contributed by atoms with van der Waals surface area (Å²) in [5.74, 6) is -0.214. The van der Waals surface area contributed by atoms with Gasteiger partial charge in [-0.2, -0.15) is 0 Å². The van der Waals surface area contributed by atoms with Crippen LogP contribution in [0.15, 0.2) is 22.7 Å². The average molecular weight is 330 g/mol. The van der Waals surface area contributed by atoms with Gasteiger partial charge in [-0.1, -0.05) is 6.07 Å². The fourth-order valence-electron chi connectivity index (χ4n) is 2.59. The van der Waals surface area contributed by atoms with Gasteiger partial charge in [0.25, 0.3) is 0 Å². The number of ether oxygens (including phenoxy) is 1. The molecule has 0 aliphatic carbocycles. The topological polar surface area (TPSA) is 21.3 Å². The van der Waals surface area contributed by atoms with Crippen molar-refractivity contribution in [3.8, 4) is 0 Å². The van der Waals surface area contributed by atoms with Crippen LogP contribution in [0.1, 0.15) is 43.7 Å². The highest BCUT2D eigenvalue weighted by atomic mass is 79.9. The summed E-state index contributed by atoms with van der Waals surface area (Å²) in [6.45, 7) is 0.900. The number of benzene rings is 1. The second kappa shape index (κ2) is 7.36. The summed E-state index contributed by atoms with van der Waals surface area (Å²) in [6, 6.07) is 5.48. The zero-order chi connectivity index (χ0) is 13.7. The third-order valence-electron chi connectivity index (χ3n) is 3.75. The van der Waals surface area contributed by atoms with Gasteiger partial charge in [-0.05, 0) is 72.8 Å². The fraction of sp³-hybridized carbons (Fsp3) is 0.600. The first-order valence-electron chi connectivity index (χ1n) is 6.94. The number of rotatable bonds is 5. The number of halogens is 2. The van der Waals surface area contributed by atoms with Gasteiger partial charge in [0.05, 0.1) is 10.6 Å². The lowest BCUT2D eigenvalue weighted by Crippen LogP contribution is -2.23. The van der Waals surface area contributed by atoms with E-state index in [1.165, 1.54) is 25.3 Å². The molecule has 0 bridgehead atoms. The lowest BCUT2D eigenvalue weighted by atomic mass is 9.97. The van der Waals surface area contributed by atoms with Crippen LogP contribution in [0.5, 0.6) is 0 Å². The van der Waals surface area contributed by atoms with Gasteiger partial charge in [0.2, 0.25) is 0 Å². The number of hydrogen-bond acceptors (Lipinski definition) is 2. The Morgan fingerprint density at radius 2 is 2.32 bits per heavy atom. The third-order valence-corrected chi connectivity index (χ3v) is 4.35. The Bertz CT molecular complexity index is 407. The van der Waals surface area contributed by atoms with Crippen molar-refractivity contribution in [3.63, 3.8) is 0 Å². The van der Waals surface area contributed by atoms with E-state index < -0.39 is 0 Å². The molecular formula is C15H21BrFNO. The van der Waals surface area contributed by atoms with E-state index in [1.54, 1.807) is 0 Å². The van der Waals surface area contributed by atoms with Gasteiger partial charge in [-0.15, -0.1) is 0 Å². The van der Waals surface area contributed by atoms with Crippen molar-refractivity contribution in [2.24, 2.45) is 0 Å². The number of hydrogen-bond donors (Lipinski definition) is 1. The molecule has 1 aliphatic rings. The van der Waals surface area contributed by atoms with Gasteiger partial charge in [-0.3, -0.25) is 0 Å². The van der Waals surface area contributed by atoms with E-state index in [0.29, 0.717) is 10.6 Å². The predicted molar refractivity (Wildman–Crippen MR) is 78.7 cm³/mol. The summed E-state index contributed by atoms with van der Waals surface area (Å²) in [6.07, 6.45) is 6.10. The number of nitrogens with one attached hydrogen (secondary N) is 1. The molecule has 1 fully saturated rings. The largest absolute Gasteiger partial charge is 0.378 e. The quantitative estimate of drug-likeness (QED) is 0.874. The van der Waals surface area contributed by atoms with E-state index in [-0.39, 0.29) is 11.9 Å². The molecule has 1 aliphatic heterocycles. The first-order chi connectivity index (χ1) is 9.20. The van der Waals surface area contributed by atoms with Gasteiger partial charge >= 0.3 is 0 Å². The molecule has 106 valence electrons. The smallest absolute Gasteiger partial charge is 0.137 e. The maximum atomic E-state index is 13.3. The Morgan fingerprint density at radius 1 is 1.47 bits per heavy atom. The lowest BCUT2D eigenvalue weighted by molar-refractivity contribution is 0.00866. The molecule has 19 heavy (non-hydrogen) atoms. The highest BCUT2D eigenvalue weighted by Crippen LogP contribution is 2.26. The molecular weight excluding hydrogens is 309 g/mol. The van der Waals surface area contributed by atoms with E-state index in [0.717, 1.165) is 25.0 Å². The van der Waals surface area contributed by atoms with Gasteiger partial charge in [0, 0.05) is 12.6 Å². The Hall–Kier alpha value is -0.450. The van der Waals surface area contributed by atoms with Gasteiger partial charge in [0.15, 0.2) is 0 Å².